The van der Waals surface area contributed by atoms with Gasteiger partial charge >= 0.3 is 0 Å². The van der Waals surface area contributed by atoms with E-state index in [1.807, 2.05) is 55.5 Å². The van der Waals surface area contributed by atoms with Gasteiger partial charge in [-0.3, -0.25) is 9.59 Å². The first-order valence-electron chi connectivity index (χ1n) is 13.0. The van der Waals surface area contributed by atoms with Crippen LogP contribution in [0, 0.1) is 0 Å². The number of carbonyl (C=O) groups is 2. The summed E-state index contributed by atoms with van der Waals surface area (Å²) in [5.41, 5.74) is 2.65. The van der Waals surface area contributed by atoms with Crippen LogP contribution in [0.4, 0.5) is 0 Å². The molecule has 0 aliphatic heterocycles. The second kappa shape index (κ2) is 12.7. The van der Waals surface area contributed by atoms with Crippen molar-refractivity contribution < 1.29 is 14.3 Å². The maximum atomic E-state index is 13.0. The van der Waals surface area contributed by atoms with E-state index >= 15 is 0 Å². The van der Waals surface area contributed by atoms with Crippen molar-refractivity contribution in [2.45, 2.75) is 70.4 Å². The van der Waals surface area contributed by atoms with Crippen molar-refractivity contribution in [3.63, 3.8) is 0 Å². The standard InChI is InChI=1S/C29H41N3O3/c1-5-9-26(28(34)30-21-29(32(3)4)18-7-8-19-29)31-27(33)24-12-10-22(11-13-24)23-14-16-25(17-15-23)35-20-6-2/h10-17,26H,5-9,18-21H2,1-4H3,(H,30,34)(H,31,33)/t26-/m0/s1. The van der Waals surface area contributed by atoms with Crippen molar-refractivity contribution in [3.8, 4) is 16.9 Å². The van der Waals surface area contributed by atoms with E-state index in [2.05, 4.69) is 36.6 Å². The third-order valence-corrected chi connectivity index (χ3v) is 7.08. The van der Waals surface area contributed by atoms with Crippen LogP contribution < -0.4 is 15.4 Å². The van der Waals surface area contributed by atoms with E-state index in [9.17, 15) is 9.59 Å². The highest BCUT2D eigenvalue weighted by atomic mass is 16.5. The van der Waals surface area contributed by atoms with E-state index in [4.69, 9.17) is 4.74 Å². The molecule has 2 amide bonds. The van der Waals surface area contributed by atoms with E-state index in [1.54, 1.807) is 0 Å². The molecule has 2 N–H and O–H groups in total. The Morgan fingerprint density at radius 3 is 2.09 bits per heavy atom. The highest BCUT2D eigenvalue weighted by molar-refractivity contribution is 5.97. The van der Waals surface area contributed by atoms with Crippen LogP contribution in [0.2, 0.25) is 0 Å². The number of nitrogens with one attached hydrogen (secondary N) is 2. The lowest BCUT2D eigenvalue weighted by Gasteiger charge is -2.37. The molecule has 3 rings (SSSR count). The van der Waals surface area contributed by atoms with Crippen LogP contribution in [0.1, 0.15) is 69.2 Å². The summed E-state index contributed by atoms with van der Waals surface area (Å²) in [5, 5.41) is 6.09. The zero-order valence-electron chi connectivity index (χ0n) is 21.7. The fourth-order valence-corrected chi connectivity index (χ4v) is 4.77. The summed E-state index contributed by atoms with van der Waals surface area (Å²) in [6.45, 7) is 5.43. The average Bonchev–Trinajstić information content (AvgIpc) is 3.37. The van der Waals surface area contributed by atoms with Crippen molar-refractivity contribution >= 4 is 11.8 Å². The molecule has 0 radical (unpaired) electrons. The van der Waals surface area contributed by atoms with Gasteiger partial charge in [-0.25, -0.2) is 0 Å². The molecular formula is C29H41N3O3. The lowest BCUT2D eigenvalue weighted by Crippen LogP contribution is -2.54. The Labute approximate surface area is 210 Å². The van der Waals surface area contributed by atoms with Gasteiger partial charge in [-0.2, -0.15) is 0 Å². The van der Waals surface area contributed by atoms with Crippen LogP contribution >= 0.6 is 0 Å². The third-order valence-electron chi connectivity index (χ3n) is 7.08. The second-order valence-electron chi connectivity index (χ2n) is 9.81. The summed E-state index contributed by atoms with van der Waals surface area (Å²) in [6, 6.07) is 14.9. The number of amides is 2. The summed E-state index contributed by atoms with van der Waals surface area (Å²) in [7, 11) is 4.17. The van der Waals surface area contributed by atoms with Gasteiger partial charge < -0.3 is 20.3 Å². The molecule has 1 atom stereocenters. The van der Waals surface area contributed by atoms with E-state index in [-0.39, 0.29) is 17.4 Å². The summed E-state index contributed by atoms with van der Waals surface area (Å²) in [5.74, 6) is 0.531. The Morgan fingerprint density at radius 2 is 1.54 bits per heavy atom. The summed E-state index contributed by atoms with van der Waals surface area (Å²) in [6.07, 6.45) is 6.96. The average molecular weight is 480 g/mol. The number of hydrogen-bond acceptors (Lipinski definition) is 4. The predicted molar refractivity (Wildman–Crippen MR) is 142 cm³/mol. The lowest BCUT2D eigenvalue weighted by atomic mass is 9.95. The Balaban J connectivity index is 1.60. The lowest BCUT2D eigenvalue weighted by molar-refractivity contribution is -0.123. The third kappa shape index (κ3) is 7.07. The number of ether oxygens (including phenoxy) is 1. The second-order valence-corrected chi connectivity index (χ2v) is 9.81. The Kier molecular flexibility index (Phi) is 9.73. The quantitative estimate of drug-likeness (QED) is 0.448. The van der Waals surface area contributed by atoms with Gasteiger partial charge in [0.05, 0.1) is 6.61 Å². The van der Waals surface area contributed by atoms with Gasteiger partial charge in [-0.05, 0) is 75.2 Å². The maximum Gasteiger partial charge on any atom is 0.251 e. The van der Waals surface area contributed by atoms with Crippen molar-refractivity contribution in [1.82, 2.24) is 15.5 Å². The molecule has 0 aromatic heterocycles. The molecule has 0 spiro atoms. The molecule has 2 aromatic carbocycles. The minimum atomic E-state index is -0.538. The topological polar surface area (TPSA) is 70.7 Å². The number of nitrogens with zero attached hydrogens (tertiary/aromatic N) is 1. The summed E-state index contributed by atoms with van der Waals surface area (Å²) >= 11 is 0. The van der Waals surface area contributed by atoms with Crippen LogP contribution in [-0.2, 0) is 4.79 Å². The number of benzene rings is 2. The van der Waals surface area contributed by atoms with Crippen LogP contribution in [-0.4, -0.2) is 55.5 Å². The molecule has 1 aliphatic rings. The van der Waals surface area contributed by atoms with E-state index < -0.39 is 6.04 Å². The van der Waals surface area contributed by atoms with Gasteiger partial charge in [0.15, 0.2) is 0 Å². The van der Waals surface area contributed by atoms with E-state index in [0.717, 1.165) is 42.6 Å². The molecule has 0 heterocycles. The van der Waals surface area contributed by atoms with Crippen LogP contribution in [0.3, 0.4) is 0 Å². The summed E-state index contributed by atoms with van der Waals surface area (Å²) < 4.78 is 5.65. The molecular weight excluding hydrogens is 438 g/mol. The Morgan fingerprint density at radius 1 is 0.943 bits per heavy atom. The first-order valence-corrected chi connectivity index (χ1v) is 13.0. The first kappa shape index (κ1) is 26.7. The Bertz CT molecular complexity index is 948. The van der Waals surface area contributed by atoms with Crippen molar-refractivity contribution in [3.05, 3.63) is 54.1 Å². The van der Waals surface area contributed by atoms with E-state index in [0.29, 0.717) is 25.1 Å². The van der Waals surface area contributed by atoms with Gasteiger partial charge in [0.2, 0.25) is 5.91 Å². The molecule has 6 heteroatoms. The van der Waals surface area contributed by atoms with Crippen LogP contribution in [0.15, 0.2) is 48.5 Å². The largest absolute Gasteiger partial charge is 0.494 e. The highest BCUT2D eigenvalue weighted by Crippen LogP contribution is 2.33. The monoisotopic (exact) mass is 479 g/mol. The Hall–Kier alpha value is -2.86. The van der Waals surface area contributed by atoms with Gasteiger partial charge in [0.1, 0.15) is 11.8 Å². The number of likely N-dealkylation sites (N-methyl/N-ethyl adjacent to an activating group) is 1. The molecule has 1 saturated carbocycles. The number of carbonyl (C=O) groups excluding carboxylic acids is 2. The highest BCUT2D eigenvalue weighted by Gasteiger charge is 2.36. The molecule has 6 nitrogen and oxygen atoms in total. The fourth-order valence-electron chi connectivity index (χ4n) is 4.77. The molecule has 1 aliphatic carbocycles. The molecule has 1 fully saturated rings. The molecule has 0 bridgehead atoms. The molecule has 0 unspecified atom stereocenters. The first-order chi connectivity index (χ1) is 16.9. The van der Waals surface area contributed by atoms with Crippen molar-refractivity contribution in [2.24, 2.45) is 0 Å². The molecule has 35 heavy (non-hydrogen) atoms. The van der Waals surface area contributed by atoms with Crippen LogP contribution in [0.5, 0.6) is 5.75 Å². The van der Waals surface area contributed by atoms with Gasteiger partial charge in [0, 0.05) is 17.6 Å². The number of hydrogen-bond donors (Lipinski definition) is 2. The predicted octanol–water partition coefficient (Wildman–Crippen LogP) is 5.03. The zero-order valence-corrected chi connectivity index (χ0v) is 21.7. The van der Waals surface area contributed by atoms with E-state index in [1.165, 1.54) is 12.8 Å². The van der Waals surface area contributed by atoms with Crippen LogP contribution in [0.25, 0.3) is 11.1 Å². The molecule has 2 aromatic rings. The normalized spacial score (nSPS) is 15.6. The smallest absolute Gasteiger partial charge is 0.251 e. The van der Waals surface area contributed by atoms with Crippen molar-refractivity contribution in [1.29, 1.82) is 0 Å². The van der Waals surface area contributed by atoms with Gasteiger partial charge in [-0.15, -0.1) is 0 Å². The maximum absolute atomic E-state index is 13.0. The summed E-state index contributed by atoms with van der Waals surface area (Å²) in [4.78, 5) is 28.2. The molecule has 0 saturated heterocycles. The SMILES string of the molecule is CCCOc1ccc(-c2ccc(C(=O)N[C@@H](CCC)C(=O)NCC3(N(C)C)CCCC3)cc2)cc1. The molecule has 190 valence electrons. The fraction of sp³-hybridized carbons (Fsp3) is 0.517. The van der Waals surface area contributed by atoms with Gasteiger partial charge in [0.25, 0.3) is 5.91 Å². The zero-order chi connectivity index (χ0) is 25.3. The van der Waals surface area contributed by atoms with Gasteiger partial charge in [-0.1, -0.05) is 57.4 Å². The van der Waals surface area contributed by atoms with Crippen molar-refractivity contribution in [2.75, 3.05) is 27.2 Å². The minimum absolute atomic E-state index is 0.0204. The minimum Gasteiger partial charge on any atom is -0.494 e. The number of rotatable bonds is 12.